The highest BCUT2D eigenvalue weighted by Gasteiger charge is 2.16. The van der Waals surface area contributed by atoms with Gasteiger partial charge in [-0.25, -0.2) is 4.98 Å². The molecule has 2 aromatic heterocycles. The first kappa shape index (κ1) is 13.8. The van der Waals surface area contributed by atoms with Gasteiger partial charge in [-0.2, -0.15) is 4.37 Å². The molecule has 0 fully saturated rings. The molecule has 102 valence electrons. The number of nitrogen functional groups attached to an aromatic ring is 1. The SMILES string of the molecule is CCNC(=O)CNc1snc(N)c1-c1csc(C)n1. The van der Waals surface area contributed by atoms with Gasteiger partial charge in [0, 0.05) is 11.9 Å². The highest BCUT2D eigenvalue weighted by molar-refractivity contribution is 7.11. The summed E-state index contributed by atoms with van der Waals surface area (Å²) < 4.78 is 4.12. The van der Waals surface area contributed by atoms with Crippen molar-refractivity contribution in [3.63, 3.8) is 0 Å². The number of aryl methyl sites for hydroxylation is 1. The van der Waals surface area contributed by atoms with Crippen LogP contribution in [-0.4, -0.2) is 28.4 Å². The number of carbonyl (C=O) groups excluding carboxylic acids is 1. The maximum Gasteiger partial charge on any atom is 0.239 e. The lowest BCUT2D eigenvalue weighted by Gasteiger charge is -2.05. The Bertz CT molecular complexity index is 577. The molecule has 0 aliphatic rings. The highest BCUT2D eigenvalue weighted by Crippen LogP contribution is 2.36. The van der Waals surface area contributed by atoms with Crippen LogP contribution in [0.3, 0.4) is 0 Å². The fourth-order valence-electron chi connectivity index (χ4n) is 1.57. The van der Waals surface area contributed by atoms with Gasteiger partial charge in [0.25, 0.3) is 0 Å². The summed E-state index contributed by atoms with van der Waals surface area (Å²) >= 11 is 2.79. The van der Waals surface area contributed by atoms with Crippen molar-refractivity contribution >= 4 is 39.6 Å². The van der Waals surface area contributed by atoms with Crippen molar-refractivity contribution in [1.29, 1.82) is 0 Å². The number of thiazole rings is 1. The van der Waals surface area contributed by atoms with Gasteiger partial charge in [-0.1, -0.05) is 0 Å². The van der Waals surface area contributed by atoms with Crippen LogP contribution in [0.15, 0.2) is 5.38 Å². The molecular formula is C11H15N5OS2. The summed E-state index contributed by atoms with van der Waals surface area (Å²) in [7, 11) is 0. The number of nitrogens with two attached hydrogens (primary N) is 1. The van der Waals surface area contributed by atoms with Gasteiger partial charge in [0.15, 0.2) is 0 Å². The third-order valence-corrected chi connectivity index (χ3v) is 3.97. The summed E-state index contributed by atoms with van der Waals surface area (Å²) in [6, 6.07) is 0. The van der Waals surface area contributed by atoms with E-state index in [9.17, 15) is 4.79 Å². The second kappa shape index (κ2) is 5.98. The van der Waals surface area contributed by atoms with Crippen molar-refractivity contribution in [2.45, 2.75) is 13.8 Å². The molecule has 0 spiro atoms. The predicted molar refractivity (Wildman–Crippen MR) is 79.5 cm³/mol. The van der Waals surface area contributed by atoms with Crippen LogP contribution in [0.1, 0.15) is 11.9 Å². The minimum atomic E-state index is -0.0603. The minimum absolute atomic E-state index is 0.0603. The molecule has 1 amide bonds. The van der Waals surface area contributed by atoms with Crippen LogP contribution in [0, 0.1) is 6.92 Å². The Morgan fingerprint density at radius 2 is 2.32 bits per heavy atom. The quantitative estimate of drug-likeness (QED) is 0.781. The molecule has 2 heterocycles. The third kappa shape index (κ3) is 3.21. The maximum absolute atomic E-state index is 11.4. The Labute approximate surface area is 119 Å². The number of rotatable bonds is 5. The van der Waals surface area contributed by atoms with Gasteiger partial charge in [0.1, 0.15) is 10.8 Å². The van der Waals surface area contributed by atoms with Crippen LogP contribution in [-0.2, 0) is 4.79 Å². The van der Waals surface area contributed by atoms with E-state index in [1.54, 1.807) is 11.3 Å². The zero-order valence-corrected chi connectivity index (χ0v) is 12.3. The van der Waals surface area contributed by atoms with E-state index in [2.05, 4.69) is 20.0 Å². The number of likely N-dealkylation sites (N-methyl/N-ethyl adjacent to an activating group) is 1. The average Bonchev–Trinajstić information content (AvgIpc) is 2.93. The molecule has 0 saturated heterocycles. The van der Waals surface area contributed by atoms with Crippen LogP contribution in [0.5, 0.6) is 0 Å². The molecule has 2 aromatic rings. The molecule has 0 unspecified atom stereocenters. The summed E-state index contributed by atoms with van der Waals surface area (Å²) in [5, 5.41) is 9.46. The van der Waals surface area contributed by atoms with Crippen molar-refractivity contribution in [1.82, 2.24) is 14.7 Å². The van der Waals surface area contributed by atoms with E-state index >= 15 is 0 Å². The van der Waals surface area contributed by atoms with E-state index in [0.717, 1.165) is 21.3 Å². The predicted octanol–water partition coefficient (Wildman–Crippen LogP) is 1.71. The van der Waals surface area contributed by atoms with Gasteiger partial charge >= 0.3 is 0 Å². The maximum atomic E-state index is 11.4. The molecule has 0 aromatic carbocycles. The summed E-state index contributed by atoms with van der Waals surface area (Å²) in [5.41, 5.74) is 7.45. The van der Waals surface area contributed by atoms with Crippen LogP contribution in [0.2, 0.25) is 0 Å². The van der Waals surface area contributed by atoms with Crippen molar-refractivity contribution < 1.29 is 4.79 Å². The first-order valence-electron chi connectivity index (χ1n) is 5.80. The number of anilines is 2. The highest BCUT2D eigenvalue weighted by atomic mass is 32.1. The minimum Gasteiger partial charge on any atom is -0.382 e. The molecule has 0 aliphatic carbocycles. The molecule has 0 bridgehead atoms. The van der Waals surface area contributed by atoms with E-state index in [4.69, 9.17) is 5.73 Å². The van der Waals surface area contributed by atoms with Crippen LogP contribution >= 0.6 is 22.9 Å². The number of hydrogen-bond acceptors (Lipinski definition) is 7. The number of aromatic nitrogens is 2. The summed E-state index contributed by atoms with van der Waals surface area (Å²) in [6.45, 7) is 4.63. The van der Waals surface area contributed by atoms with Gasteiger partial charge in [-0.05, 0) is 25.4 Å². The van der Waals surface area contributed by atoms with E-state index in [-0.39, 0.29) is 12.5 Å². The van der Waals surface area contributed by atoms with Gasteiger partial charge in [-0.15, -0.1) is 11.3 Å². The third-order valence-electron chi connectivity index (χ3n) is 2.38. The lowest BCUT2D eigenvalue weighted by molar-refractivity contribution is -0.119. The molecule has 6 nitrogen and oxygen atoms in total. The second-order valence-electron chi connectivity index (χ2n) is 3.83. The lowest BCUT2D eigenvalue weighted by atomic mass is 10.2. The fraction of sp³-hybridized carbons (Fsp3) is 0.364. The molecule has 4 N–H and O–H groups in total. The molecular weight excluding hydrogens is 282 g/mol. The Hall–Kier alpha value is -1.67. The Morgan fingerprint density at radius 3 is 2.95 bits per heavy atom. The Kier molecular flexibility index (Phi) is 4.33. The fourth-order valence-corrected chi connectivity index (χ4v) is 2.89. The van der Waals surface area contributed by atoms with Crippen molar-refractivity contribution in [2.75, 3.05) is 24.1 Å². The topological polar surface area (TPSA) is 92.9 Å². The van der Waals surface area contributed by atoms with Crippen LogP contribution in [0.4, 0.5) is 10.8 Å². The van der Waals surface area contributed by atoms with E-state index in [0.29, 0.717) is 12.4 Å². The van der Waals surface area contributed by atoms with E-state index in [1.807, 2.05) is 19.2 Å². The molecule has 19 heavy (non-hydrogen) atoms. The van der Waals surface area contributed by atoms with E-state index in [1.165, 1.54) is 11.5 Å². The largest absolute Gasteiger partial charge is 0.382 e. The van der Waals surface area contributed by atoms with Crippen molar-refractivity contribution in [2.24, 2.45) is 0 Å². The van der Waals surface area contributed by atoms with Crippen LogP contribution in [0.25, 0.3) is 11.3 Å². The summed E-state index contributed by atoms with van der Waals surface area (Å²) in [4.78, 5) is 15.8. The first-order valence-corrected chi connectivity index (χ1v) is 7.45. The number of nitrogens with one attached hydrogen (secondary N) is 2. The summed E-state index contributed by atoms with van der Waals surface area (Å²) in [5.74, 6) is 0.378. The van der Waals surface area contributed by atoms with Crippen LogP contribution < -0.4 is 16.4 Å². The summed E-state index contributed by atoms with van der Waals surface area (Å²) in [6.07, 6.45) is 0. The van der Waals surface area contributed by atoms with E-state index < -0.39 is 0 Å². The average molecular weight is 297 g/mol. The number of amides is 1. The van der Waals surface area contributed by atoms with Gasteiger partial charge in [0.05, 0.1) is 22.8 Å². The smallest absolute Gasteiger partial charge is 0.239 e. The van der Waals surface area contributed by atoms with Gasteiger partial charge in [-0.3, -0.25) is 4.79 Å². The number of hydrogen-bond donors (Lipinski definition) is 3. The second-order valence-corrected chi connectivity index (χ2v) is 5.67. The molecule has 0 saturated carbocycles. The Morgan fingerprint density at radius 1 is 1.53 bits per heavy atom. The monoisotopic (exact) mass is 297 g/mol. The lowest BCUT2D eigenvalue weighted by Crippen LogP contribution is -2.29. The van der Waals surface area contributed by atoms with Gasteiger partial charge < -0.3 is 16.4 Å². The normalized spacial score (nSPS) is 10.4. The molecule has 8 heteroatoms. The molecule has 2 rings (SSSR count). The molecule has 0 radical (unpaired) electrons. The zero-order chi connectivity index (χ0) is 13.8. The molecule has 0 aliphatic heterocycles. The zero-order valence-electron chi connectivity index (χ0n) is 10.7. The Balaban J connectivity index is 2.16. The van der Waals surface area contributed by atoms with Crippen molar-refractivity contribution in [3.05, 3.63) is 10.4 Å². The first-order chi connectivity index (χ1) is 9.11. The number of carbonyl (C=O) groups is 1. The number of nitrogens with zero attached hydrogens (tertiary/aromatic N) is 2. The standard InChI is InChI=1S/C11H15N5OS2/c1-3-13-8(17)4-14-11-9(10(12)16-19-11)7-5-18-6(2)15-7/h5,14H,3-4H2,1-2H3,(H2,12,16)(H,13,17). The van der Waals surface area contributed by atoms with Crippen molar-refractivity contribution in [3.8, 4) is 11.3 Å². The van der Waals surface area contributed by atoms with Gasteiger partial charge in [0.2, 0.25) is 5.91 Å². The molecule has 0 atom stereocenters.